The van der Waals surface area contributed by atoms with E-state index in [0.717, 1.165) is 0 Å². The number of amides is 1. The Bertz CT molecular complexity index is 489. The molecule has 0 saturated heterocycles. The molecule has 8 nitrogen and oxygen atoms in total. The van der Waals surface area contributed by atoms with Crippen LogP contribution in [0.25, 0.3) is 0 Å². The minimum Gasteiger partial charge on any atom is -0.462 e. The second kappa shape index (κ2) is 11.0. The van der Waals surface area contributed by atoms with E-state index in [-0.39, 0.29) is 26.2 Å². The van der Waals surface area contributed by atoms with Crippen molar-refractivity contribution in [1.29, 1.82) is 5.26 Å². The summed E-state index contributed by atoms with van der Waals surface area (Å²) in [6.45, 7) is 12.7. The number of alkyl carbamates (subject to hydrolysis) is 1. The summed E-state index contributed by atoms with van der Waals surface area (Å²) in [4.78, 5) is 24.4. The maximum absolute atomic E-state index is 12.5. The molecule has 2 atom stereocenters. The van der Waals surface area contributed by atoms with Gasteiger partial charge in [-0.15, -0.1) is 0 Å². The number of ether oxygens (including phenoxy) is 4. The third kappa shape index (κ3) is 7.58. The van der Waals surface area contributed by atoms with E-state index in [1.165, 1.54) is 0 Å². The Morgan fingerprint density at radius 1 is 1.08 bits per heavy atom. The van der Waals surface area contributed by atoms with Gasteiger partial charge in [0.2, 0.25) is 0 Å². The average Bonchev–Trinajstić information content (AvgIpc) is 2.52. The first-order valence-corrected chi connectivity index (χ1v) is 8.90. The van der Waals surface area contributed by atoms with Crippen LogP contribution >= 0.6 is 0 Å². The molecule has 1 amide bonds. The lowest BCUT2D eigenvalue weighted by atomic mass is 9.92. The smallest absolute Gasteiger partial charge is 0.408 e. The molecule has 0 fully saturated rings. The van der Waals surface area contributed by atoms with Gasteiger partial charge in [-0.05, 0) is 48.0 Å². The fourth-order valence-electron chi connectivity index (χ4n) is 2.41. The standard InChI is InChI=1S/C18H32N2O6/c1-8-23-15(21)18(24-9-2,25-10-3)13(4)11-14(12-19)20-16(22)26-17(5,6)7/h13-14H,8-11H2,1-7H3,(H,20,22). The largest absolute Gasteiger partial charge is 0.462 e. The maximum Gasteiger partial charge on any atom is 0.408 e. The number of rotatable bonds is 10. The number of carbonyl (C=O) groups excluding carboxylic acids is 2. The number of esters is 1. The lowest BCUT2D eigenvalue weighted by Crippen LogP contribution is -2.53. The SMILES string of the molecule is CCOC(=O)C(OCC)(OCC)C(C)CC(C#N)NC(=O)OC(C)(C)C. The Hall–Kier alpha value is -1.85. The first-order valence-electron chi connectivity index (χ1n) is 8.90. The maximum atomic E-state index is 12.5. The van der Waals surface area contributed by atoms with Crippen LogP contribution in [0, 0.1) is 17.2 Å². The molecule has 0 rings (SSSR count). The molecule has 1 N–H and O–H groups in total. The molecule has 2 unspecified atom stereocenters. The van der Waals surface area contributed by atoms with E-state index in [9.17, 15) is 14.9 Å². The number of hydrogen-bond acceptors (Lipinski definition) is 7. The van der Waals surface area contributed by atoms with Gasteiger partial charge in [0.05, 0.1) is 12.7 Å². The third-order valence-electron chi connectivity index (χ3n) is 3.36. The van der Waals surface area contributed by atoms with Gasteiger partial charge in [-0.2, -0.15) is 5.26 Å². The van der Waals surface area contributed by atoms with Gasteiger partial charge in [-0.1, -0.05) is 6.92 Å². The Balaban J connectivity index is 5.30. The number of nitriles is 1. The first-order chi connectivity index (χ1) is 12.1. The molecule has 0 aliphatic carbocycles. The first kappa shape index (κ1) is 24.1. The molecule has 26 heavy (non-hydrogen) atoms. The zero-order valence-corrected chi connectivity index (χ0v) is 16.9. The van der Waals surface area contributed by atoms with Crippen molar-refractivity contribution in [2.45, 2.75) is 72.3 Å². The summed E-state index contributed by atoms with van der Waals surface area (Å²) in [6.07, 6.45) is -0.583. The normalized spacial score (nSPS) is 14.1. The number of hydrogen-bond donors (Lipinski definition) is 1. The quantitative estimate of drug-likeness (QED) is 0.464. The van der Waals surface area contributed by atoms with Crippen LogP contribution in [0.3, 0.4) is 0 Å². The molecule has 150 valence electrons. The van der Waals surface area contributed by atoms with Crippen LogP contribution < -0.4 is 5.32 Å². The van der Waals surface area contributed by atoms with E-state index in [2.05, 4.69) is 5.32 Å². The highest BCUT2D eigenvalue weighted by atomic mass is 16.7. The molecule has 0 aromatic carbocycles. The summed E-state index contributed by atoms with van der Waals surface area (Å²) in [5.41, 5.74) is -0.680. The van der Waals surface area contributed by atoms with Crippen LogP contribution in [0.2, 0.25) is 0 Å². The van der Waals surface area contributed by atoms with Crippen LogP contribution in [0.15, 0.2) is 0 Å². The van der Waals surface area contributed by atoms with Crippen LogP contribution in [0.1, 0.15) is 54.9 Å². The monoisotopic (exact) mass is 372 g/mol. The molecule has 0 heterocycles. The summed E-state index contributed by atoms with van der Waals surface area (Å²) >= 11 is 0. The highest BCUT2D eigenvalue weighted by Crippen LogP contribution is 2.30. The summed E-state index contributed by atoms with van der Waals surface area (Å²) in [7, 11) is 0. The molecule has 0 bridgehead atoms. The van der Waals surface area contributed by atoms with E-state index >= 15 is 0 Å². The number of carbonyl (C=O) groups is 2. The molecule has 0 aromatic heterocycles. The van der Waals surface area contributed by atoms with Gasteiger partial charge in [0, 0.05) is 19.1 Å². The van der Waals surface area contributed by atoms with Crippen LogP contribution in [0.5, 0.6) is 0 Å². The average molecular weight is 372 g/mol. The van der Waals surface area contributed by atoms with Crippen LogP contribution in [-0.4, -0.2) is 49.3 Å². The minimum absolute atomic E-state index is 0.120. The van der Waals surface area contributed by atoms with E-state index in [4.69, 9.17) is 18.9 Å². The van der Waals surface area contributed by atoms with Gasteiger partial charge < -0.3 is 24.3 Å². The van der Waals surface area contributed by atoms with E-state index in [0.29, 0.717) is 0 Å². The Labute approximate surface area is 156 Å². The van der Waals surface area contributed by atoms with Crippen molar-refractivity contribution in [2.75, 3.05) is 19.8 Å². The summed E-state index contributed by atoms with van der Waals surface area (Å²) in [5, 5.41) is 11.9. The van der Waals surface area contributed by atoms with Gasteiger partial charge in [-0.3, -0.25) is 0 Å². The second-order valence-corrected chi connectivity index (χ2v) is 6.72. The summed E-state index contributed by atoms with van der Waals surface area (Å²) < 4.78 is 21.5. The fraction of sp³-hybridized carbons (Fsp3) is 0.833. The van der Waals surface area contributed by atoms with E-state index < -0.39 is 35.4 Å². The Morgan fingerprint density at radius 3 is 2.00 bits per heavy atom. The predicted molar refractivity (Wildman–Crippen MR) is 95.2 cm³/mol. The van der Waals surface area contributed by atoms with E-state index in [1.54, 1.807) is 48.5 Å². The molecule has 0 radical (unpaired) electrons. The van der Waals surface area contributed by atoms with Crippen molar-refractivity contribution in [3.05, 3.63) is 0 Å². The topological polar surface area (TPSA) is 107 Å². The zero-order chi connectivity index (χ0) is 20.4. The number of nitrogens with one attached hydrogen (secondary N) is 1. The summed E-state index contributed by atoms with van der Waals surface area (Å²) in [6, 6.07) is 1.12. The summed E-state index contributed by atoms with van der Waals surface area (Å²) in [5.74, 6) is -2.84. The van der Waals surface area contributed by atoms with E-state index in [1.807, 2.05) is 6.07 Å². The second-order valence-electron chi connectivity index (χ2n) is 6.72. The zero-order valence-electron chi connectivity index (χ0n) is 16.9. The van der Waals surface area contributed by atoms with Crippen molar-refractivity contribution in [1.82, 2.24) is 5.32 Å². The predicted octanol–water partition coefficient (Wildman–Crippen LogP) is 2.76. The van der Waals surface area contributed by atoms with Crippen molar-refractivity contribution in [3.63, 3.8) is 0 Å². The molecule has 0 spiro atoms. The van der Waals surface area contributed by atoms with Gasteiger partial charge in [0.1, 0.15) is 11.6 Å². The molecule has 8 heteroatoms. The molecular formula is C18H32N2O6. The molecule has 0 aromatic rings. The van der Waals surface area contributed by atoms with Crippen LogP contribution in [0.4, 0.5) is 4.79 Å². The van der Waals surface area contributed by atoms with Crippen molar-refractivity contribution >= 4 is 12.1 Å². The van der Waals surface area contributed by atoms with Gasteiger partial charge >= 0.3 is 12.1 Å². The molecule has 0 aliphatic rings. The Kier molecular flexibility index (Phi) is 10.2. The molecule has 0 saturated carbocycles. The highest BCUT2D eigenvalue weighted by molar-refractivity contribution is 5.78. The van der Waals surface area contributed by atoms with Crippen molar-refractivity contribution in [3.8, 4) is 6.07 Å². The number of nitrogens with zero attached hydrogens (tertiary/aromatic N) is 1. The lowest BCUT2D eigenvalue weighted by molar-refractivity contribution is -0.265. The van der Waals surface area contributed by atoms with Gasteiger partial charge in [0.15, 0.2) is 0 Å². The fourth-order valence-corrected chi connectivity index (χ4v) is 2.41. The molecule has 0 aliphatic heterocycles. The van der Waals surface area contributed by atoms with Crippen molar-refractivity contribution < 1.29 is 28.5 Å². The molecular weight excluding hydrogens is 340 g/mol. The van der Waals surface area contributed by atoms with Gasteiger partial charge in [0.25, 0.3) is 5.79 Å². The van der Waals surface area contributed by atoms with Gasteiger partial charge in [-0.25, -0.2) is 9.59 Å². The minimum atomic E-state index is -1.63. The lowest BCUT2D eigenvalue weighted by Gasteiger charge is -2.36. The highest BCUT2D eigenvalue weighted by Gasteiger charge is 2.48. The Morgan fingerprint density at radius 2 is 1.62 bits per heavy atom. The van der Waals surface area contributed by atoms with Crippen LogP contribution in [-0.2, 0) is 23.7 Å². The third-order valence-corrected chi connectivity index (χ3v) is 3.36. The van der Waals surface area contributed by atoms with Crippen molar-refractivity contribution in [2.24, 2.45) is 5.92 Å².